The molecule has 3 atom stereocenters. The van der Waals surface area contributed by atoms with Crippen LogP contribution in [0.25, 0.3) is 0 Å². The molecule has 0 radical (unpaired) electrons. The summed E-state index contributed by atoms with van der Waals surface area (Å²) >= 11 is 0. The van der Waals surface area contributed by atoms with Crippen LogP contribution in [-0.2, 0) is 0 Å². The Morgan fingerprint density at radius 1 is 1.20 bits per heavy atom. The number of benzene rings is 1. The maximum absolute atomic E-state index is 13.5. The van der Waals surface area contributed by atoms with Crippen LogP contribution in [0, 0.1) is 11.7 Å². The number of aliphatic hydroxyl groups is 1. The van der Waals surface area contributed by atoms with Gasteiger partial charge in [-0.1, -0.05) is 12.8 Å². The predicted molar refractivity (Wildman–Crippen MR) is 79.4 cm³/mol. The molecule has 0 aromatic heterocycles. The van der Waals surface area contributed by atoms with Crippen molar-refractivity contribution in [2.24, 2.45) is 5.92 Å². The van der Waals surface area contributed by atoms with Gasteiger partial charge < -0.3 is 10.0 Å². The molecular formula is C17H24FNO. The molecule has 1 aromatic rings. The quantitative estimate of drug-likeness (QED) is 0.882. The molecule has 1 aliphatic carbocycles. The number of anilines is 1. The van der Waals surface area contributed by atoms with E-state index in [1.807, 2.05) is 6.07 Å². The number of hydrogen-bond acceptors (Lipinski definition) is 2. The molecule has 1 saturated carbocycles. The summed E-state index contributed by atoms with van der Waals surface area (Å²) in [5.41, 5.74) is 1.77. The maximum Gasteiger partial charge on any atom is 0.123 e. The topological polar surface area (TPSA) is 23.5 Å². The van der Waals surface area contributed by atoms with E-state index >= 15 is 0 Å². The van der Waals surface area contributed by atoms with Crippen molar-refractivity contribution in [3.63, 3.8) is 0 Å². The molecule has 2 unspecified atom stereocenters. The molecule has 1 aliphatic heterocycles. The molecule has 0 bridgehead atoms. The Morgan fingerprint density at radius 2 is 1.95 bits per heavy atom. The van der Waals surface area contributed by atoms with Gasteiger partial charge in [-0.2, -0.15) is 0 Å². The fourth-order valence-corrected chi connectivity index (χ4v) is 4.05. The highest BCUT2D eigenvalue weighted by molar-refractivity contribution is 5.56. The first-order valence-electron chi connectivity index (χ1n) is 7.91. The van der Waals surface area contributed by atoms with E-state index < -0.39 is 6.10 Å². The Hall–Kier alpha value is -1.09. The van der Waals surface area contributed by atoms with Gasteiger partial charge in [-0.3, -0.25) is 0 Å². The molecule has 2 nitrogen and oxygen atoms in total. The fraction of sp³-hybridized carbons (Fsp3) is 0.647. The second-order valence-electron chi connectivity index (χ2n) is 6.33. The molecule has 3 rings (SSSR count). The molecule has 2 aliphatic rings. The highest BCUT2D eigenvalue weighted by Gasteiger charge is 2.34. The van der Waals surface area contributed by atoms with Crippen molar-refractivity contribution in [1.82, 2.24) is 0 Å². The Labute approximate surface area is 120 Å². The average Bonchev–Trinajstić information content (AvgIpc) is 2.46. The summed E-state index contributed by atoms with van der Waals surface area (Å²) < 4.78 is 13.5. The summed E-state index contributed by atoms with van der Waals surface area (Å²) in [6.07, 6.45) is 7.12. The Bertz CT molecular complexity index is 472. The van der Waals surface area contributed by atoms with Gasteiger partial charge >= 0.3 is 0 Å². The molecule has 1 heterocycles. The highest BCUT2D eigenvalue weighted by Crippen LogP contribution is 2.40. The summed E-state index contributed by atoms with van der Waals surface area (Å²) in [7, 11) is 0. The lowest BCUT2D eigenvalue weighted by Crippen LogP contribution is -2.47. The van der Waals surface area contributed by atoms with Gasteiger partial charge in [0.05, 0.1) is 6.10 Å². The van der Waals surface area contributed by atoms with Gasteiger partial charge in [0.1, 0.15) is 5.82 Å². The zero-order valence-corrected chi connectivity index (χ0v) is 12.2. The molecule has 20 heavy (non-hydrogen) atoms. The summed E-state index contributed by atoms with van der Waals surface area (Å²) in [6.45, 7) is 2.76. The minimum Gasteiger partial charge on any atom is -0.389 e. The minimum absolute atomic E-state index is 0.262. The third-order valence-electron chi connectivity index (χ3n) is 4.99. The van der Waals surface area contributed by atoms with Gasteiger partial charge in [0.15, 0.2) is 0 Å². The van der Waals surface area contributed by atoms with Gasteiger partial charge in [0, 0.05) is 23.8 Å². The van der Waals surface area contributed by atoms with Crippen molar-refractivity contribution in [2.75, 3.05) is 11.4 Å². The molecule has 2 fully saturated rings. The first kappa shape index (κ1) is 13.9. The van der Waals surface area contributed by atoms with Crippen molar-refractivity contribution in [1.29, 1.82) is 0 Å². The predicted octanol–water partition coefficient (Wildman–Crippen LogP) is 4.04. The largest absolute Gasteiger partial charge is 0.389 e. The van der Waals surface area contributed by atoms with E-state index in [4.69, 9.17) is 0 Å². The SMILES string of the molecule is C[C@@H](O)c1cc(F)ccc1N1CCCC2CCCCC21. The van der Waals surface area contributed by atoms with Crippen molar-refractivity contribution >= 4 is 5.69 Å². The van der Waals surface area contributed by atoms with Crippen LogP contribution in [0.2, 0.25) is 0 Å². The van der Waals surface area contributed by atoms with E-state index in [0.29, 0.717) is 6.04 Å². The normalized spacial score (nSPS) is 28.1. The third-order valence-corrected chi connectivity index (χ3v) is 4.99. The second kappa shape index (κ2) is 5.72. The van der Waals surface area contributed by atoms with Gasteiger partial charge in [-0.15, -0.1) is 0 Å². The molecule has 0 spiro atoms. The number of piperidine rings is 1. The molecule has 1 N–H and O–H groups in total. The number of nitrogens with zero attached hydrogens (tertiary/aromatic N) is 1. The molecule has 1 saturated heterocycles. The summed E-state index contributed by atoms with van der Waals surface area (Å²) in [5.74, 6) is 0.520. The standard InChI is InChI=1S/C17H24FNO/c1-12(20)15-11-14(18)8-9-17(15)19-10-4-6-13-5-2-3-7-16(13)19/h8-9,11-13,16,20H,2-7,10H2,1H3/t12-,13?,16?/m1/s1. The lowest BCUT2D eigenvalue weighted by molar-refractivity contribution is 0.197. The average molecular weight is 277 g/mol. The zero-order valence-electron chi connectivity index (χ0n) is 12.2. The minimum atomic E-state index is -0.621. The number of hydrogen-bond donors (Lipinski definition) is 1. The summed E-state index contributed by atoms with van der Waals surface area (Å²) in [4.78, 5) is 2.44. The van der Waals surface area contributed by atoms with E-state index in [9.17, 15) is 9.50 Å². The number of aliphatic hydroxyl groups excluding tert-OH is 1. The second-order valence-corrected chi connectivity index (χ2v) is 6.33. The Morgan fingerprint density at radius 3 is 2.75 bits per heavy atom. The van der Waals surface area contributed by atoms with Crippen LogP contribution in [0.4, 0.5) is 10.1 Å². The third kappa shape index (κ3) is 2.56. The monoisotopic (exact) mass is 277 g/mol. The van der Waals surface area contributed by atoms with Crippen LogP contribution >= 0.6 is 0 Å². The molecule has 110 valence electrons. The van der Waals surface area contributed by atoms with E-state index in [-0.39, 0.29) is 5.82 Å². The zero-order chi connectivity index (χ0) is 14.1. The van der Waals surface area contributed by atoms with Crippen LogP contribution in [0.15, 0.2) is 18.2 Å². The lowest BCUT2D eigenvalue weighted by Gasteiger charge is -2.46. The van der Waals surface area contributed by atoms with Crippen LogP contribution in [-0.4, -0.2) is 17.7 Å². The first-order chi connectivity index (χ1) is 9.66. The first-order valence-corrected chi connectivity index (χ1v) is 7.91. The molecule has 3 heteroatoms. The number of halogens is 1. The van der Waals surface area contributed by atoms with Crippen LogP contribution in [0.1, 0.15) is 57.1 Å². The van der Waals surface area contributed by atoms with Crippen LogP contribution < -0.4 is 4.90 Å². The fourth-order valence-electron chi connectivity index (χ4n) is 4.05. The van der Waals surface area contributed by atoms with Gasteiger partial charge in [0.2, 0.25) is 0 Å². The van der Waals surface area contributed by atoms with Crippen molar-refractivity contribution < 1.29 is 9.50 Å². The summed E-state index contributed by atoms with van der Waals surface area (Å²) in [5, 5.41) is 9.96. The smallest absolute Gasteiger partial charge is 0.123 e. The molecule has 1 aromatic carbocycles. The van der Waals surface area contributed by atoms with Crippen molar-refractivity contribution in [3.8, 4) is 0 Å². The van der Waals surface area contributed by atoms with Crippen LogP contribution in [0.3, 0.4) is 0 Å². The Kier molecular flexibility index (Phi) is 3.97. The van der Waals surface area contributed by atoms with Crippen LogP contribution in [0.5, 0.6) is 0 Å². The van der Waals surface area contributed by atoms with Crippen molar-refractivity contribution in [2.45, 2.75) is 57.6 Å². The summed E-state index contributed by atoms with van der Waals surface area (Å²) in [6, 6.07) is 5.45. The number of fused-ring (bicyclic) bond motifs is 1. The van der Waals surface area contributed by atoms with E-state index in [2.05, 4.69) is 4.90 Å². The molecule has 0 amide bonds. The van der Waals surface area contributed by atoms with E-state index in [1.54, 1.807) is 6.92 Å². The van der Waals surface area contributed by atoms with Gasteiger partial charge in [-0.25, -0.2) is 4.39 Å². The maximum atomic E-state index is 13.5. The van der Waals surface area contributed by atoms with Gasteiger partial charge in [-0.05, 0) is 56.7 Å². The highest BCUT2D eigenvalue weighted by atomic mass is 19.1. The van der Waals surface area contributed by atoms with E-state index in [1.165, 1.54) is 50.7 Å². The molecular weight excluding hydrogens is 253 g/mol. The number of rotatable bonds is 2. The van der Waals surface area contributed by atoms with Gasteiger partial charge in [0.25, 0.3) is 0 Å². The lowest BCUT2D eigenvalue weighted by atomic mass is 9.78. The Balaban J connectivity index is 1.94. The van der Waals surface area contributed by atoms with E-state index in [0.717, 1.165) is 23.7 Å². The van der Waals surface area contributed by atoms with Crippen molar-refractivity contribution in [3.05, 3.63) is 29.6 Å².